The van der Waals surface area contributed by atoms with Gasteiger partial charge in [0, 0.05) is 12.8 Å². The summed E-state index contributed by atoms with van der Waals surface area (Å²) in [5.41, 5.74) is 2.79. The summed E-state index contributed by atoms with van der Waals surface area (Å²) in [7, 11) is 0. The minimum atomic E-state index is 0.0650. The number of hydrogen-bond donors (Lipinski definition) is 0. The summed E-state index contributed by atoms with van der Waals surface area (Å²) in [6, 6.07) is 18.2. The van der Waals surface area contributed by atoms with Crippen LogP contribution in [0.5, 0.6) is 0 Å². The van der Waals surface area contributed by atoms with Crippen molar-refractivity contribution in [2.45, 2.75) is 12.8 Å². The van der Waals surface area contributed by atoms with E-state index in [-0.39, 0.29) is 5.78 Å². The lowest BCUT2D eigenvalue weighted by molar-refractivity contribution is -0.117. The number of nitriles is 2. The van der Waals surface area contributed by atoms with Crippen LogP contribution < -0.4 is 0 Å². The van der Waals surface area contributed by atoms with Crippen LogP contribution in [0.4, 0.5) is 0 Å². The molecule has 2 aromatic rings. The average molecular weight is 260 g/mol. The van der Waals surface area contributed by atoms with Crippen molar-refractivity contribution in [1.82, 2.24) is 0 Å². The Morgan fingerprint density at radius 1 is 0.850 bits per heavy atom. The van der Waals surface area contributed by atoms with Gasteiger partial charge in [0.1, 0.15) is 5.78 Å². The molecule has 0 fully saturated rings. The zero-order valence-corrected chi connectivity index (χ0v) is 10.8. The first-order chi connectivity index (χ1) is 9.71. The molecule has 3 nitrogen and oxygen atoms in total. The van der Waals surface area contributed by atoms with Gasteiger partial charge in [-0.1, -0.05) is 24.3 Å². The van der Waals surface area contributed by atoms with E-state index in [0.29, 0.717) is 24.0 Å². The van der Waals surface area contributed by atoms with Crippen LogP contribution >= 0.6 is 0 Å². The van der Waals surface area contributed by atoms with Gasteiger partial charge in [-0.05, 0) is 35.4 Å². The van der Waals surface area contributed by atoms with E-state index in [2.05, 4.69) is 12.1 Å². The summed E-state index contributed by atoms with van der Waals surface area (Å²) in [4.78, 5) is 12.0. The molecule has 0 heterocycles. The Bertz CT molecular complexity index is 659. The van der Waals surface area contributed by atoms with E-state index in [1.165, 1.54) is 0 Å². The molecule has 0 radical (unpaired) electrons. The van der Waals surface area contributed by atoms with Gasteiger partial charge in [0.05, 0.1) is 23.3 Å². The second-order valence-electron chi connectivity index (χ2n) is 4.52. The zero-order valence-electron chi connectivity index (χ0n) is 10.8. The van der Waals surface area contributed by atoms with Crippen LogP contribution in [0.2, 0.25) is 0 Å². The van der Waals surface area contributed by atoms with Gasteiger partial charge in [0.2, 0.25) is 0 Å². The average Bonchev–Trinajstić information content (AvgIpc) is 2.47. The maximum absolute atomic E-state index is 12.0. The fraction of sp³-hybridized carbons (Fsp3) is 0.118. The van der Waals surface area contributed by atoms with Crippen molar-refractivity contribution in [2.24, 2.45) is 0 Å². The SMILES string of the molecule is N#Cc1cccc(CC(=O)Cc2cccc(C#N)c2)c1. The second-order valence-corrected chi connectivity index (χ2v) is 4.52. The molecule has 0 bridgehead atoms. The van der Waals surface area contributed by atoms with Crippen molar-refractivity contribution >= 4 is 5.78 Å². The second kappa shape index (κ2) is 6.31. The largest absolute Gasteiger partial charge is 0.299 e. The molecule has 0 unspecified atom stereocenters. The monoisotopic (exact) mass is 260 g/mol. The lowest BCUT2D eigenvalue weighted by atomic mass is 10.0. The third-order valence-electron chi connectivity index (χ3n) is 2.91. The first kappa shape index (κ1) is 13.5. The minimum absolute atomic E-state index is 0.0650. The molecule has 0 aliphatic heterocycles. The number of Topliss-reactive ketones (excluding diaryl/α,β-unsaturated/α-hetero) is 1. The summed E-state index contributed by atoms with van der Waals surface area (Å²) >= 11 is 0. The topological polar surface area (TPSA) is 64.7 Å². The molecule has 20 heavy (non-hydrogen) atoms. The van der Waals surface area contributed by atoms with Crippen LogP contribution in [0.15, 0.2) is 48.5 Å². The molecule has 0 N–H and O–H groups in total. The number of carbonyl (C=O) groups excluding carboxylic acids is 1. The zero-order chi connectivity index (χ0) is 14.4. The third-order valence-corrected chi connectivity index (χ3v) is 2.91. The molecule has 0 aromatic heterocycles. The van der Waals surface area contributed by atoms with E-state index < -0.39 is 0 Å². The molecular formula is C17H12N2O. The summed E-state index contributed by atoms with van der Waals surface area (Å²) in [6.07, 6.45) is 0.596. The Morgan fingerprint density at radius 2 is 1.30 bits per heavy atom. The van der Waals surface area contributed by atoms with E-state index >= 15 is 0 Å². The van der Waals surface area contributed by atoms with Crippen LogP contribution in [0, 0.1) is 22.7 Å². The van der Waals surface area contributed by atoms with E-state index in [0.717, 1.165) is 11.1 Å². The molecule has 2 rings (SSSR count). The van der Waals surface area contributed by atoms with E-state index in [9.17, 15) is 4.79 Å². The van der Waals surface area contributed by atoms with Gasteiger partial charge < -0.3 is 0 Å². The van der Waals surface area contributed by atoms with Gasteiger partial charge in [-0.3, -0.25) is 4.79 Å². The smallest absolute Gasteiger partial charge is 0.141 e. The fourth-order valence-corrected chi connectivity index (χ4v) is 2.02. The number of carbonyl (C=O) groups is 1. The van der Waals surface area contributed by atoms with Gasteiger partial charge in [-0.15, -0.1) is 0 Å². The Morgan fingerprint density at radius 3 is 1.70 bits per heavy atom. The Kier molecular flexibility index (Phi) is 4.27. The summed E-state index contributed by atoms with van der Waals surface area (Å²) < 4.78 is 0. The Labute approximate surface area is 117 Å². The highest BCUT2D eigenvalue weighted by atomic mass is 16.1. The molecule has 96 valence electrons. The van der Waals surface area contributed by atoms with E-state index in [1.54, 1.807) is 36.4 Å². The molecule has 0 saturated heterocycles. The fourth-order valence-electron chi connectivity index (χ4n) is 2.02. The lowest BCUT2D eigenvalue weighted by Crippen LogP contribution is -2.06. The molecular weight excluding hydrogens is 248 g/mol. The number of benzene rings is 2. The van der Waals surface area contributed by atoms with Gasteiger partial charge in [0.15, 0.2) is 0 Å². The van der Waals surface area contributed by atoms with Crippen LogP contribution in [-0.2, 0) is 17.6 Å². The molecule has 0 saturated carbocycles. The molecule has 0 aliphatic carbocycles. The highest BCUT2D eigenvalue weighted by Crippen LogP contribution is 2.09. The molecule has 0 amide bonds. The predicted octanol–water partition coefficient (Wildman–Crippen LogP) is 2.78. The summed E-state index contributed by atoms with van der Waals surface area (Å²) in [5.74, 6) is 0.0650. The van der Waals surface area contributed by atoms with Crippen molar-refractivity contribution in [3.63, 3.8) is 0 Å². The van der Waals surface area contributed by atoms with Crippen molar-refractivity contribution < 1.29 is 4.79 Å². The highest BCUT2D eigenvalue weighted by molar-refractivity contribution is 5.83. The Hall–Kier alpha value is -2.91. The van der Waals surface area contributed by atoms with Gasteiger partial charge >= 0.3 is 0 Å². The van der Waals surface area contributed by atoms with E-state index in [4.69, 9.17) is 10.5 Å². The quantitative estimate of drug-likeness (QED) is 0.849. The van der Waals surface area contributed by atoms with Crippen LogP contribution in [-0.4, -0.2) is 5.78 Å². The number of hydrogen-bond acceptors (Lipinski definition) is 3. The van der Waals surface area contributed by atoms with Gasteiger partial charge in [0.25, 0.3) is 0 Å². The maximum atomic E-state index is 12.0. The number of rotatable bonds is 4. The van der Waals surface area contributed by atoms with Crippen molar-refractivity contribution in [2.75, 3.05) is 0 Å². The summed E-state index contributed by atoms with van der Waals surface area (Å²) in [5, 5.41) is 17.6. The molecule has 0 atom stereocenters. The standard InChI is InChI=1S/C17H12N2O/c18-11-15-5-1-3-13(7-15)9-17(20)10-14-4-2-6-16(8-14)12-19/h1-8H,9-10H2. The predicted molar refractivity (Wildman–Crippen MR) is 74.7 cm³/mol. The third kappa shape index (κ3) is 3.54. The van der Waals surface area contributed by atoms with Crippen molar-refractivity contribution in [1.29, 1.82) is 10.5 Å². The normalized spacial score (nSPS) is 9.50. The van der Waals surface area contributed by atoms with Gasteiger partial charge in [-0.2, -0.15) is 10.5 Å². The minimum Gasteiger partial charge on any atom is -0.299 e. The maximum Gasteiger partial charge on any atom is 0.141 e. The highest BCUT2D eigenvalue weighted by Gasteiger charge is 2.06. The number of ketones is 1. The molecule has 2 aromatic carbocycles. The van der Waals surface area contributed by atoms with Crippen LogP contribution in [0.3, 0.4) is 0 Å². The lowest BCUT2D eigenvalue weighted by Gasteiger charge is -2.03. The number of nitrogens with zero attached hydrogens (tertiary/aromatic N) is 2. The van der Waals surface area contributed by atoms with E-state index in [1.807, 2.05) is 12.1 Å². The van der Waals surface area contributed by atoms with Crippen LogP contribution in [0.25, 0.3) is 0 Å². The van der Waals surface area contributed by atoms with Crippen molar-refractivity contribution in [3.8, 4) is 12.1 Å². The van der Waals surface area contributed by atoms with Crippen molar-refractivity contribution in [3.05, 3.63) is 70.8 Å². The van der Waals surface area contributed by atoms with Crippen LogP contribution in [0.1, 0.15) is 22.3 Å². The Balaban J connectivity index is 2.05. The first-order valence-corrected chi connectivity index (χ1v) is 6.21. The molecule has 3 heteroatoms. The molecule has 0 aliphatic rings. The first-order valence-electron chi connectivity index (χ1n) is 6.21. The van der Waals surface area contributed by atoms with Gasteiger partial charge in [-0.25, -0.2) is 0 Å². The summed E-state index contributed by atoms with van der Waals surface area (Å²) in [6.45, 7) is 0. The molecule has 0 spiro atoms.